The van der Waals surface area contributed by atoms with E-state index >= 15 is 0 Å². The zero-order chi connectivity index (χ0) is 13.9. The summed E-state index contributed by atoms with van der Waals surface area (Å²) in [5, 5.41) is 6.44. The van der Waals surface area contributed by atoms with Crippen molar-refractivity contribution in [3.8, 4) is 5.75 Å². The quantitative estimate of drug-likeness (QED) is 0.869. The molecule has 1 unspecified atom stereocenters. The van der Waals surface area contributed by atoms with E-state index in [0.29, 0.717) is 5.75 Å². The fraction of sp³-hybridized carbons (Fsp3) is 0.250. The van der Waals surface area contributed by atoms with Crippen molar-refractivity contribution in [3.05, 3.63) is 42.2 Å². The van der Waals surface area contributed by atoms with E-state index in [1.165, 1.54) is 19.2 Å². The summed E-state index contributed by atoms with van der Waals surface area (Å²) in [6, 6.07) is 5.87. The number of hydrogen-bond donors (Lipinski definition) is 2. The van der Waals surface area contributed by atoms with Crippen LogP contribution in [0.4, 0.5) is 0 Å². The Kier molecular flexibility index (Phi) is 3.87. The Morgan fingerprint density at radius 1 is 1.32 bits per heavy atom. The van der Waals surface area contributed by atoms with Gasteiger partial charge in [-0.2, -0.15) is 5.10 Å². The van der Waals surface area contributed by atoms with Crippen LogP contribution in [0.5, 0.6) is 5.75 Å². The summed E-state index contributed by atoms with van der Waals surface area (Å²) >= 11 is 0. The van der Waals surface area contributed by atoms with Crippen LogP contribution in [0, 0.1) is 0 Å². The molecule has 0 bridgehead atoms. The van der Waals surface area contributed by atoms with Gasteiger partial charge in [0.25, 0.3) is 0 Å². The number of ether oxygens (including phenoxy) is 1. The van der Waals surface area contributed by atoms with E-state index in [0.717, 1.165) is 5.56 Å². The van der Waals surface area contributed by atoms with Crippen molar-refractivity contribution in [2.75, 3.05) is 7.11 Å². The van der Waals surface area contributed by atoms with Crippen LogP contribution in [0.1, 0.15) is 18.5 Å². The van der Waals surface area contributed by atoms with E-state index in [2.05, 4.69) is 14.9 Å². The van der Waals surface area contributed by atoms with E-state index in [1.54, 1.807) is 31.5 Å². The minimum Gasteiger partial charge on any atom is -0.497 e. The number of H-pyrrole nitrogens is 1. The number of rotatable bonds is 5. The number of benzene rings is 1. The minimum absolute atomic E-state index is 0.198. The molecule has 0 aliphatic rings. The Labute approximate surface area is 111 Å². The summed E-state index contributed by atoms with van der Waals surface area (Å²) in [6.07, 6.45) is 3.24. The maximum absolute atomic E-state index is 12.2. The molecule has 0 aliphatic carbocycles. The molecule has 0 saturated carbocycles. The summed E-state index contributed by atoms with van der Waals surface area (Å²) < 4.78 is 31.9. The van der Waals surface area contributed by atoms with Gasteiger partial charge < -0.3 is 4.74 Å². The predicted octanol–water partition coefficient (Wildman–Crippen LogP) is 1.46. The van der Waals surface area contributed by atoms with Gasteiger partial charge in [0.2, 0.25) is 10.0 Å². The van der Waals surface area contributed by atoms with Gasteiger partial charge in [0.05, 0.1) is 18.2 Å². The van der Waals surface area contributed by atoms with Crippen molar-refractivity contribution >= 4 is 10.0 Å². The second-order valence-electron chi connectivity index (χ2n) is 4.05. The average Bonchev–Trinajstić information content (AvgIpc) is 2.92. The molecule has 0 spiro atoms. The van der Waals surface area contributed by atoms with Gasteiger partial charge in [-0.3, -0.25) is 5.10 Å². The molecule has 1 aromatic heterocycles. The third-order valence-electron chi connectivity index (χ3n) is 2.72. The lowest BCUT2D eigenvalue weighted by molar-refractivity contribution is 0.414. The zero-order valence-electron chi connectivity index (χ0n) is 10.6. The van der Waals surface area contributed by atoms with Crippen molar-refractivity contribution in [2.45, 2.75) is 17.9 Å². The van der Waals surface area contributed by atoms with Crippen molar-refractivity contribution in [2.24, 2.45) is 0 Å². The fourth-order valence-electron chi connectivity index (χ4n) is 1.62. The largest absolute Gasteiger partial charge is 0.497 e. The molecule has 2 rings (SSSR count). The predicted molar refractivity (Wildman–Crippen MR) is 70.3 cm³/mol. The molecule has 102 valence electrons. The Balaban J connectivity index is 2.17. The molecule has 19 heavy (non-hydrogen) atoms. The molecule has 1 atom stereocenters. The molecule has 1 aromatic carbocycles. The highest BCUT2D eigenvalue weighted by Crippen LogP contribution is 2.18. The zero-order valence-corrected chi connectivity index (χ0v) is 11.4. The SMILES string of the molecule is COc1ccc(S(=O)(=O)NC(C)c2cn[nH]c2)cc1. The standard InChI is InChI=1S/C12H15N3O3S/c1-9(10-7-13-14-8-10)15-19(16,17)12-5-3-11(18-2)4-6-12/h3-9,15H,1-2H3,(H,13,14). The summed E-state index contributed by atoms with van der Waals surface area (Å²) in [5.41, 5.74) is 0.775. The van der Waals surface area contributed by atoms with E-state index < -0.39 is 10.0 Å². The molecule has 0 amide bonds. The number of aromatic nitrogens is 2. The average molecular weight is 281 g/mol. The second kappa shape index (κ2) is 5.41. The van der Waals surface area contributed by atoms with Gasteiger partial charge in [0, 0.05) is 17.8 Å². The number of hydrogen-bond acceptors (Lipinski definition) is 4. The number of aromatic amines is 1. The molecule has 0 saturated heterocycles. The highest BCUT2D eigenvalue weighted by atomic mass is 32.2. The molecule has 0 radical (unpaired) electrons. The van der Waals surface area contributed by atoms with E-state index in [1.807, 2.05) is 0 Å². The highest BCUT2D eigenvalue weighted by Gasteiger charge is 2.18. The number of nitrogens with one attached hydrogen (secondary N) is 2. The first kappa shape index (κ1) is 13.6. The van der Waals surface area contributed by atoms with Crippen LogP contribution in [0.25, 0.3) is 0 Å². The highest BCUT2D eigenvalue weighted by molar-refractivity contribution is 7.89. The van der Waals surface area contributed by atoms with Crippen LogP contribution in [0.2, 0.25) is 0 Å². The van der Waals surface area contributed by atoms with Gasteiger partial charge in [-0.15, -0.1) is 0 Å². The third-order valence-corrected chi connectivity index (χ3v) is 4.28. The molecule has 6 nitrogen and oxygen atoms in total. The van der Waals surface area contributed by atoms with Crippen molar-refractivity contribution < 1.29 is 13.2 Å². The lowest BCUT2D eigenvalue weighted by atomic mass is 10.2. The van der Waals surface area contributed by atoms with Crippen molar-refractivity contribution in [1.82, 2.24) is 14.9 Å². The molecular weight excluding hydrogens is 266 g/mol. The van der Waals surface area contributed by atoms with E-state index in [9.17, 15) is 8.42 Å². The maximum atomic E-state index is 12.2. The molecule has 2 aromatic rings. The number of methoxy groups -OCH3 is 1. The Morgan fingerprint density at radius 2 is 2.00 bits per heavy atom. The van der Waals surface area contributed by atoms with Crippen molar-refractivity contribution in [3.63, 3.8) is 0 Å². The van der Waals surface area contributed by atoms with Gasteiger partial charge in [0.1, 0.15) is 5.75 Å². The summed E-state index contributed by atoms with van der Waals surface area (Å²) in [4.78, 5) is 0.198. The first-order chi connectivity index (χ1) is 9.03. The van der Waals surface area contributed by atoms with Gasteiger partial charge in [-0.05, 0) is 31.2 Å². The Morgan fingerprint density at radius 3 is 2.53 bits per heavy atom. The Bertz CT molecular complexity index is 621. The molecule has 7 heteroatoms. The van der Waals surface area contributed by atoms with Crippen LogP contribution < -0.4 is 9.46 Å². The van der Waals surface area contributed by atoms with E-state index in [4.69, 9.17) is 4.74 Å². The van der Waals surface area contributed by atoms with Crippen LogP contribution in [-0.2, 0) is 10.0 Å². The molecule has 2 N–H and O–H groups in total. The minimum atomic E-state index is -3.56. The molecular formula is C12H15N3O3S. The van der Waals surface area contributed by atoms with Crippen LogP contribution >= 0.6 is 0 Å². The second-order valence-corrected chi connectivity index (χ2v) is 5.76. The fourth-order valence-corrected chi connectivity index (χ4v) is 2.85. The lowest BCUT2D eigenvalue weighted by Crippen LogP contribution is -2.26. The summed E-state index contributed by atoms with van der Waals surface area (Å²) in [5.74, 6) is 0.613. The van der Waals surface area contributed by atoms with Gasteiger partial charge >= 0.3 is 0 Å². The smallest absolute Gasteiger partial charge is 0.241 e. The Hall–Kier alpha value is -1.86. The van der Waals surface area contributed by atoms with Crippen LogP contribution in [-0.4, -0.2) is 25.7 Å². The van der Waals surface area contributed by atoms with Crippen LogP contribution in [0.3, 0.4) is 0 Å². The first-order valence-corrected chi connectivity index (χ1v) is 7.16. The summed E-state index contributed by atoms with van der Waals surface area (Å²) in [7, 11) is -2.03. The van der Waals surface area contributed by atoms with Gasteiger partial charge in [0.15, 0.2) is 0 Å². The third kappa shape index (κ3) is 3.12. The normalized spacial score (nSPS) is 13.2. The van der Waals surface area contributed by atoms with E-state index in [-0.39, 0.29) is 10.9 Å². The molecule has 0 fully saturated rings. The topological polar surface area (TPSA) is 84.1 Å². The van der Waals surface area contributed by atoms with Crippen LogP contribution in [0.15, 0.2) is 41.6 Å². The number of sulfonamides is 1. The monoisotopic (exact) mass is 281 g/mol. The summed E-state index contributed by atoms with van der Waals surface area (Å²) in [6.45, 7) is 1.76. The molecule has 1 heterocycles. The number of nitrogens with zero attached hydrogens (tertiary/aromatic N) is 1. The van der Waals surface area contributed by atoms with Crippen molar-refractivity contribution in [1.29, 1.82) is 0 Å². The first-order valence-electron chi connectivity index (χ1n) is 5.68. The van der Waals surface area contributed by atoms with Gasteiger partial charge in [-0.1, -0.05) is 0 Å². The van der Waals surface area contributed by atoms with Gasteiger partial charge in [-0.25, -0.2) is 13.1 Å². The molecule has 0 aliphatic heterocycles. The lowest BCUT2D eigenvalue weighted by Gasteiger charge is -2.12. The maximum Gasteiger partial charge on any atom is 0.241 e.